The third kappa shape index (κ3) is 2.91. The molecule has 0 bridgehead atoms. The molecule has 0 saturated heterocycles. The molecule has 3 heteroatoms. The van der Waals surface area contributed by atoms with Gasteiger partial charge in [0.15, 0.2) is 0 Å². The highest BCUT2D eigenvalue weighted by Crippen LogP contribution is 2.29. The monoisotopic (exact) mass is 248 g/mol. The molecule has 18 heavy (non-hydrogen) atoms. The molecule has 0 amide bonds. The number of hydrogen-bond donors (Lipinski definition) is 2. The molecule has 0 aliphatic heterocycles. The Bertz CT molecular complexity index is 410. The van der Waals surface area contributed by atoms with Crippen LogP contribution in [0.3, 0.4) is 0 Å². The van der Waals surface area contributed by atoms with E-state index in [0.29, 0.717) is 5.92 Å². The second-order valence-electron chi connectivity index (χ2n) is 5.26. The van der Waals surface area contributed by atoms with Gasteiger partial charge in [0, 0.05) is 0 Å². The number of aliphatic hydroxyl groups excluding tert-OH is 1. The fourth-order valence-electron chi connectivity index (χ4n) is 2.64. The van der Waals surface area contributed by atoms with Crippen LogP contribution in [0.4, 0.5) is 0 Å². The maximum atomic E-state index is 10.9. The van der Waals surface area contributed by atoms with Gasteiger partial charge in [0.2, 0.25) is 0 Å². The third-order valence-electron chi connectivity index (χ3n) is 3.97. The SMILES string of the molecule is C[C@@H](C(=O)O)c1ccc(CC2CCCC2O)cc1. The summed E-state index contributed by atoms with van der Waals surface area (Å²) < 4.78 is 0. The minimum atomic E-state index is -0.797. The zero-order valence-corrected chi connectivity index (χ0v) is 10.7. The van der Waals surface area contributed by atoms with Crippen LogP contribution < -0.4 is 0 Å². The first-order valence-corrected chi connectivity index (χ1v) is 6.57. The van der Waals surface area contributed by atoms with Crippen molar-refractivity contribution in [3.05, 3.63) is 35.4 Å². The van der Waals surface area contributed by atoms with Crippen LogP contribution in [0, 0.1) is 5.92 Å². The summed E-state index contributed by atoms with van der Waals surface area (Å²) in [7, 11) is 0. The van der Waals surface area contributed by atoms with Crippen LogP contribution in [0.15, 0.2) is 24.3 Å². The van der Waals surface area contributed by atoms with Gasteiger partial charge in [0.1, 0.15) is 0 Å². The van der Waals surface area contributed by atoms with Crippen molar-refractivity contribution in [3.8, 4) is 0 Å². The van der Waals surface area contributed by atoms with E-state index in [1.807, 2.05) is 24.3 Å². The number of carboxylic acid groups (broad SMARTS) is 1. The molecular formula is C15H20O3. The van der Waals surface area contributed by atoms with Crippen molar-refractivity contribution in [2.75, 3.05) is 0 Å². The van der Waals surface area contributed by atoms with Crippen molar-refractivity contribution in [2.24, 2.45) is 5.92 Å². The van der Waals surface area contributed by atoms with Gasteiger partial charge in [0.05, 0.1) is 12.0 Å². The van der Waals surface area contributed by atoms with Crippen molar-refractivity contribution < 1.29 is 15.0 Å². The fraction of sp³-hybridized carbons (Fsp3) is 0.533. The first-order valence-electron chi connectivity index (χ1n) is 6.57. The van der Waals surface area contributed by atoms with Gasteiger partial charge in [0.25, 0.3) is 0 Å². The van der Waals surface area contributed by atoms with Crippen LogP contribution in [0.1, 0.15) is 43.2 Å². The summed E-state index contributed by atoms with van der Waals surface area (Å²) in [5.41, 5.74) is 2.01. The van der Waals surface area contributed by atoms with E-state index in [-0.39, 0.29) is 6.10 Å². The number of aliphatic hydroxyl groups is 1. The molecule has 1 saturated carbocycles. The van der Waals surface area contributed by atoms with Crippen molar-refractivity contribution in [2.45, 2.75) is 44.6 Å². The zero-order valence-electron chi connectivity index (χ0n) is 10.7. The number of hydrogen-bond acceptors (Lipinski definition) is 2. The highest BCUT2D eigenvalue weighted by molar-refractivity contribution is 5.75. The predicted octanol–water partition coefficient (Wildman–Crippen LogP) is 2.58. The maximum absolute atomic E-state index is 10.9. The first kappa shape index (κ1) is 13.1. The summed E-state index contributed by atoms with van der Waals surface area (Å²) in [6.07, 6.45) is 3.85. The molecular weight excluding hydrogens is 228 g/mol. The Morgan fingerprint density at radius 2 is 2.00 bits per heavy atom. The highest BCUT2D eigenvalue weighted by Gasteiger charge is 2.25. The third-order valence-corrected chi connectivity index (χ3v) is 3.97. The predicted molar refractivity (Wildman–Crippen MR) is 69.5 cm³/mol. The Balaban J connectivity index is 2.01. The summed E-state index contributed by atoms with van der Waals surface area (Å²) >= 11 is 0. The van der Waals surface area contributed by atoms with Crippen LogP contribution in [0.25, 0.3) is 0 Å². The molecule has 2 rings (SSSR count). The molecule has 1 aliphatic carbocycles. The molecule has 2 N–H and O–H groups in total. The molecule has 1 fully saturated rings. The molecule has 98 valence electrons. The lowest BCUT2D eigenvalue weighted by atomic mass is 9.94. The van der Waals surface area contributed by atoms with Crippen molar-refractivity contribution in [1.82, 2.24) is 0 Å². The Kier molecular flexibility index (Phi) is 4.02. The Hall–Kier alpha value is -1.35. The molecule has 1 aromatic rings. The molecule has 3 atom stereocenters. The smallest absolute Gasteiger partial charge is 0.310 e. The van der Waals surface area contributed by atoms with Gasteiger partial charge in [-0.1, -0.05) is 30.7 Å². The van der Waals surface area contributed by atoms with Crippen LogP contribution >= 0.6 is 0 Å². The molecule has 1 aliphatic rings. The van der Waals surface area contributed by atoms with Crippen LogP contribution in [0.2, 0.25) is 0 Å². The highest BCUT2D eigenvalue weighted by atomic mass is 16.4. The average Bonchev–Trinajstić information content (AvgIpc) is 2.75. The first-order chi connectivity index (χ1) is 8.58. The number of rotatable bonds is 4. The van der Waals surface area contributed by atoms with Gasteiger partial charge >= 0.3 is 5.97 Å². The van der Waals surface area contributed by atoms with E-state index >= 15 is 0 Å². The van der Waals surface area contributed by atoms with Crippen LogP contribution in [-0.4, -0.2) is 22.3 Å². The van der Waals surface area contributed by atoms with Gasteiger partial charge in [-0.05, 0) is 43.2 Å². The summed E-state index contributed by atoms with van der Waals surface area (Å²) in [6.45, 7) is 1.69. The van der Waals surface area contributed by atoms with Gasteiger partial charge in [-0.3, -0.25) is 4.79 Å². The fourth-order valence-corrected chi connectivity index (χ4v) is 2.64. The Morgan fingerprint density at radius 1 is 1.33 bits per heavy atom. The second-order valence-corrected chi connectivity index (χ2v) is 5.26. The largest absolute Gasteiger partial charge is 0.481 e. The lowest BCUT2D eigenvalue weighted by molar-refractivity contribution is -0.138. The van der Waals surface area contributed by atoms with Crippen LogP contribution in [0.5, 0.6) is 0 Å². The standard InChI is InChI=1S/C15H20O3/c1-10(15(17)18)12-7-5-11(6-8-12)9-13-3-2-4-14(13)16/h5-8,10,13-14,16H,2-4,9H2,1H3,(H,17,18)/t10-,13?,14?/m1/s1. The lowest BCUT2D eigenvalue weighted by Crippen LogP contribution is -2.15. The zero-order chi connectivity index (χ0) is 13.1. The number of benzene rings is 1. The van der Waals surface area contributed by atoms with Gasteiger partial charge in [-0.2, -0.15) is 0 Å². The van der Waals surface area contributed by atoms with Crippen LogP contribution in [-0.2, 0) is 11.2 Å². The van der Waals surface area contributed by atoms with E-state index in [2.05, 4.69) is 0 Å². The molecule has 1 aromatic carbocycles. The topological polar surface area (TPSA) is 57.5 Å². The molecule has 2 unspecified atom stereocenters. The van der Waals surface area contributed by atoms with Gasteiger partial charge in [-0.15, -0.1) is 0 Å². The van der Waals surface area contributed by atoms with Crippen molar-refractivity contribution in [1.29, 1.82) is 0 Å². The minimum absolute atomic E-state index is 0.164. The van der Waals surface area contributed by atoms with Gasteiger partial charge in [-0.25, -0.2) is 0 Å². The summed E-state index contributed by atoms with van der Waals surface area (Å²) in [5.74, 6) is -0.891. The number of carboxylic acids is 1. The second kappa shape index (κ2) is 5.53. The number of carbonyl (C=O) groups is 1. The molecule has 0 radical (unpaired) electrons. The van der Waals surface area contributed by atoms with E-state index in [0.717, 1.165) is 31.2 Å². The Morgan fingerprint density at radius 3 is 2.50 bits per heavy atom. The van der Waals surface area contributed by atoms with Gasteiger partial charge < -0.3 is 10.2 Å². The minimum Gasteiger partial charge on any atom is -0.481 e. The average molecular weight is 248 g/mol. The number of aliphatic carboxylic acids is 1. The lowest BCUT2D eigenvalue weighted by Gasteiger charge is -2.15. The molecule has 0 aromatic heterocycles. The van der Waals surface area contributed by atoms with Crippen molar-refractivity contribution >= 4 is 5.97 Å². The molecule has 0 spiro atoms. The summed E-state index contributed by atoms with van der Waals surface area (Å²) in [5, 5.41) is 18.7. The van der Waals surface area contributed by atoms with E-state index in [1.54, 1.807) is 6.92 Å². The summed E-state index contributed by atoms with van der Waals surface area (Å²) in [6, 6.07) is 7.74. The van der Waals surface area contributed by atoms with E-state index < -0.39 is 11.9 Å². The molecule has 3 nitrogen and oxygen atoms in total. The quantitative estimate of drug-likeness (QED) is 0.861. The van der Waals surface area contributed by atoms with E-state index in [4.69, 9.17) is 5.11 Å². The normalized spacial score (nSPS) is 25.0. The summed E-state index contributed by atoms with van der Waals surface area (Å²) in [4.78, 5) is 10.9. The maximum Gasteiger partial charge on any atom is 0.310 e. The molecule has 0 heterocycles. The van der Waals surface area contributed by atoms with E-state index in [1.165, 1.54) is 5.56 Å². The van der Waals surface area contributed by atoms with Crippen molar-refractivity contribution in [3.63, 3.8) is 0 Å². The Labute approximate surface area is 107 Å². The van der Waals surface area contributed by atoms with E-state index in [9.17, 15) is 9.90 Å².